The van der Waals surface area contributed by atoms with Crippen molar-refractivity contribution in [1.82, 2.24) is 5.32 Å². The molecule has 0 bridgehead atoms. The predicted molar refractivity (Wildman–Crippen MR) is 56.9 cm³/mol. The van der Waals surface area contributed by atoms with Gasteiger partial charge in [-0.2, -0.15) is 0 Å². The van der Waals surface area contributed by atoms with E-state index in [-0.39, 0.29) is 5.82 Å². The number of halogens is 1. The molecule has 0 radical (unpaired) electrons. The third kappa shape index (κ3) is 4.63. The van der Waals surface area contributed by atoms with Gasteiger partial charge in [-0.15, -0.1) is 0 Å². The molecule has 0 heterocycles. The Morgan fingerprint density at radius 2 is 2.06 bits per heavy atom. The summed E-state index contributed by atoms with van der Waals surface area (Å²) in [6, 6.07) is 5.68. The van der Waals surface area contributed by atoms with Crippen LogP contribution in [0, 0.1) is 5.82 Å². The van der Waals surface area contributed by atoms with Crippen LogP contribution in [0.25, 0.3) is 0 Å². The van der Waals surface area contributed by atoms with Gasteiger partial charge in [-0.3, -0.25) is 0 Å². The average Bonchev–Trinajstić information content (AvgIpc) is 2.27. The Kier molecular flexibility index (Phi) is 5.11. The van der Waals surface area contributed by atoms with Crippen LogP contribution in [0.2, 0.25) is 0 Å². The summed E-state index contributed by atoms with van der Waals surface area (Å²) in [5.41, 5.74) is 0. The lowest BCUT2D eigenvalue weighted by Crippen LogP contribution is -2.28. The third-order valence-corrected chi connectivity index (χ3v) is 1.73. The standard InChI is InChI=1S/C11H14FNO3/c1-2-15-11(14)13-7-8-16-10-5-3-9(12)4-6-10/h3-6H,2,7-8H2,1H3,(H,13,14). The molecule has 0 aliphatic carbocycles. The van der Waals surface area contributed by atoms with E-state index in [1.54, 1.807) is 6.92 Å². The summed E-state index contributed by atoms with van der Waals surface area (Å²) in [4.78, 5) is 10.9. The summed E-state index contributed by atoms with van der Waals surface area (Å²) in [5.74, 6) is 0.254. The van der Waals surface area contributed by atoms with Gasteiger partial charge in [-0.05, 0) is 31.2 Å². The second-order valence-electron chi connectivity index (χ2n) is 2.95. The molecule has 1 aromatic rings. The molecule has 1 N–H and O–H groups in total. The minimum Gasteiger partial charge on any atom is -0.492 e. The van der Waals surface area contributed by atoms with E-state index in [1.807, 2.05) is 0 Å². The van der Waals surface area contributed by atoms with Gasteiger partial charge in [0.15, 0.2) is 0 Å². The Morgan fingerprint density at radius 3 is 2.69 bits per heavy atom. The van der Waals surface area contributed by atoms with Crippen LogP contribution in [0.15, 0.2) is 24.3 Å². The van der Waals surface area contributed by atoms with E-state index in [2.05, 4.69) is 10.1 Å². The van der Waals surface area contributed by atoms with Crippen molar-refractivity contribution in [1.29, 1.82) is 0 Å². The van der Waals surface area contributed by atoms with E-state index in [0.717, 1.165) is 0 Å². The molecule has 88 valence electrons. The molecule has 1 amide bonds. The average molecular weight is 227 g/mol. The van der Waals surface area contributed by atoms with Gasteiger partial charge in [0, 0.05) is 0 Å². The molecule has 0 aliphatic rings. The Hall–Kier alpha value is -1.78. The first kappa shape index (κ1) is 12.3. The highest BCUT2D eigenvalue weighted by atomic mass is 19.1. The summed E-state index contributed by atoms with van der Waals surface area (Å²) >= 11 is 0. The predicted octanol–water partition coefficient (Wildman–Crippen LogP) is 1.95. The number of carbonyl (C=O) groups is 1. The molecule has 4 nitrogen and oxygen atoms in total. The van der Waals surface area contributed by atoms with E-state index < -0.39 is 6.09 Å². The number of hydrogen-bond donors (Lipinski definition) is 1. The van der Waals surface area contributed by atoms with Gasteiger partial charge in [-0.25, -0.2) is 9.18 Å². The summed E-state index contributed by atoms with van der Waals surface area (Å²) < 4.78 is 22.4. The van der Waals surface area contributed by atoms with Gasteiger partial charge in [0.25, 0.3) is 0 Å². The van der Waals surface area contributed by atoms with E-state index in [1.165, 1.54) is 24.3 Å². The molecular weight excluding hydrogens is 213 g/mol. The molecule has 0 fully saturated rings. The molecule has 0 atom stereocenters. The zero-order valence-electron chi connectivity index (χ0n) is 9.03. The summed E-state index contributed by atoms with van der Waals surface area (Å²) in [6.45, 7) is 2.72. The second kappa shape index (κ2) is 6.66. The smallest absolute Gasteiger partial charge is 0.407 e. The van der Waals surface area contributed by atoms with E-state index in [9.17, 15) is 9.18 Å². The molecule has 0 aromatic heterocycles. The fourth-order valence-corrected chi connectivity index (χ4v) is 1.03. The first-order valence-corrected chi connectivity index (χ1v) is 5.01. The molecule has 1 aromatic carbocycles. The second-order valence-corrected chi connectivity index (χ2v) is 2.95. The van der Waals surface area contributed by atoms with E-state index in [0.29, 0.717) is 25.5 Å². The van der Waals surface area contributed by atoms with Crippen LogP contribution in [0.1, 0.15) is 6.92 Å². The number of benzene rings is 1. The fraction of sp³-hybridized carbons (Fsp3) is 0.364. The highest BCUT2D eigenvalue weighted by Gasteiger charge is 1.99. The lowest BCUT2D eigenvalue weighted by Gasteiger charge is -2.07. The first-order valence-electron chi connectivity index (χ1n) is 5.01. The van der Waals surface area contributed by atoms with Crippen LogP contribution in [0.5, 0.6) is 5.75 Å². The maximum atomic E-state index is 12.5. The molecule has 0 saturated heterocycles. The molecule has 0 aliphatic heterocycles. The Morgan fingerprint density at radius 1 is 1.38 bits per heavy atom. The van der Waals surface area contributed by atoms with Crippen LogP contribution in [-0.2, 0) is 4.74 Å². The van der Waals surface area contributed by atoms with Crippen LogP contribution >= 0.6 is 0 Å². The maximum Gasteiger partial charge on any atom is 0.407 e. The molecule has 0 saturated carbocycles. The summed E-state index contributed by atoms with van der Waals surface area (Å²) in [6.07, 6.45) is -0.467. The lowest BCUT2D eigenvalue weighted by molar-refractivity contribution is 0.150. The number of amides is 1. The van der Waals surface area contributed by atoms with Crippen molar-refractivity contribution in [2.75, 3.05) is 19.8 Å². The van der Waals surface area contributed by atoms with Crippen LogP contribution in [0.4, 0.5) is 9.18 Å². The van der Waals surface area contributed by atoms with Gasteiger partial charge < -0.3 is 14.8 Å². The molecular formula is C11H14FNO3. The number of hydrogen-bond acceptors (Lipinski definition) is 3. The Labute approximate surface area is 93.4 Å². The van der Waals surface area contributed by atoms with Crippen molar-refractivity contribution in [2.24, 2.45) is 0 Å². The highest BCUT2D eigenvalue weighted by molar-refractivity contribution is 5.66. The van der Waals surface area contributed by atoms with Gasteiger partial charge in [0.2, 0.25) is 0 Å². The quantitative estimate of drug-likeness (QED) is 0.782. The minimum atomic E-state index is -0.467. The summed E-state index contributed by atoms with van der Waals surface area (Å²) in [7, 11) is 0. The van der Waals surface area contributed by atoms with Gasteiger partial charge >= 0.3 is 6.09 Å². The van der Waals surface area contributed by atoms with Crippen LogP contribution in [0.3, 0.4) is 0 Å². The third-order valence-electron chi connectivity index (χ3n) is 1.73. The van der Waals surface area contributed by atoms with Crippen molar-refractivity contribution < 1.29 is 18.7 Å². The van der Waals surface area contributed by atoms with Gasteiger partial charge in [-0.1, -0.05) is 0 Å². The molecule has 1 rings (SSSR count). The summed E-state index contributed by atoms with van der Waals surface area (Å²) in [5, 5.41) is 2.50. The zero-order valence-corrected chi connectivity index (χ0v) is 9.03. The Balaban J connectivity index is 2.16. The maximum absolute atomic E-state index is 12.5. The van der Waals surface area contributed by atoms with Gasteiger partial charge in [0.1, 0.15) is 18.2 Å². The van der Waals surface area contributed by atoms with Gasteiger partial charge in [0.05, 0.1) is 13.2 Å². The minimum absolute atomic E-state index is 0.308. The van der Waals surface area contributed by atoms with Crippen molar-refractivity contribution in [3.63, 3.8) is 0 Å². The molecule has 5 heteroatoms. The van der Waals surface area contributed by atoms with Crippen molar-refractivity contribution in [3.8, 4) is 5.75 Å². The number of rotatable bonds is 5. The van der Waals surface area contributed by atoms with E-state index in [4.69, 9.17) is 4.74 Å². The van der Waals surface area contributed by atoms with Crippen molar-refractivity contribution in [3.05, 3.63) is 30.1 Å². The topological polar surface area (TPSA) is 47.6 Å². The largest absolute Gasteiger partial charge is 0.492 e. The first-order chi connectivity index (χ1) is 7.72. The normalized spacial score (nSPS) is 9.62. The Bertz CT molecular complexity index is 327. The van der Waals surface area contributed by atoms with Crippen LogP contribution < -0.4 is 10.1 Å². The number of carbonyl (C=O) groups excluding carboxylic acids is 1. The number of ether oxygens (including phenoxy) is 2. The molecule has 0 unspecified atom stereocenters. The monoisotopic (exact) mass is 227 g/mol. The molecule has 0 spiro atoms. The van der Waals surface area contributed by atoms with Crippen LogP contribution in [-0.4, -0.2) is 25.9 Å². The lowest BCUT2D eigenvalue weighted by atomic mass is 10.3. The number of nitrogens with one attached hydrogen (secondary N) is 1. The SMILES string of the molecule is CCOC(=O)NCCOc1ccc(F)cc1. The number of alkyl carbamates (subject to hydrolysis) is 1. The van der Waals surface area contributed by atoms with E-state index >= 15 is 0 Å². The van der Waals surface area contributed by atoms with Crippen molar-refractivity contribution in [2.45, 2.75) is 6.92 Å². The molecule has 16 heavy (non-hydrogen) atoms. The van der Waals surface area contributed by atoms with Crippen molar-refractivity contribution >= 4 is 6.09 Å². The zero-order chi connectivity index (χ0) is 11.8. The fourth-order valence-electron chi connectivity index (χ4n) is 1.03. The highest BCUT2D eigenvalue weighted by Crippen LogP contribution is 2.10.